The number of ether oxygens (including phenoxy) is 1. The molecule has 0 aliphatic heterocycles. The standard InChI is InChI=1S/C27H26F6N4O/c1-19(20-12-22(26(28,29)30)14-23(13-20)27(31,32)33)38-16-24(21-6-4-3-5-7-21)8-10-25(11-9-24,15-34-2)37-17-35-36-18-37/h3-7,12-14,17-19H,8-11,15-16H2,1H3/t19-,24?,25?/m1/s1. The molecule has 0 bridgehead atoms. The topological polar surface area (TPSA) is 44.3 Å². The number of hydrogen-bond acceptors (Lipinski definition) is 3. The zero-order chi connectivity index (χ0) is 27.6. The summed E-state index contributed by atoms with van der Waals surface area (Å²) in [6.07, 6.45) is -5.33. The molecule has 1 aromatic heterocycles. The van der Waals surface area contributed by atoms with Crippen molar-refractivity contribution in [1.82, 2.24) is 14.8 Å². The predicted octanol–water partition coefficient (Wildman–Crippen LogP) is 7.22. The second-order valence-electron chi connectivity index (χ2n) is 9.85. The lowest BCUT2D eigenvalue weighted by Crippen LogP contribution is -2.46. The molecule has 0 saturated heterocycles. The van der Waals surface area contributed by atoms with Gasteiger partial charge in [-0.3, -0.25) is 0 Å². The van der Waals surface area contributed by atoms with Crippen LogP contribution in [0.4, 0.5) is 26.3 Å². The van der Waals surface area contributed by atoms with Gasteiger partial charge in [0.15, 0.2) is 0 Å². The van der Waals surface area contributed by atoms with Gasteiger partial charge in [-0.1, -0.05) is 30.3 Å². The molecule has 38 heavy (non-hydrogen) atoms. The van der Waals surface area contributed by atoms with Gasteiger partial charge in [0.1, 0.15) is 18.2 Å². The number of hydrogen-bond donors (Lipinski definition) is 0. The van der Waals surface area contributed by atoms with Crippen LogP contribution < -0.4 is 0 Å². The minimum Gasteiger partial charge on any atom is -0.373 e. The highest BCUT2D eigenvalue weighted by Gasteiger charge is 2.47. The Morgan fingerprint density at radius 3 is 1.97 bits per heavy atom. The van der Waals surface area contributed by atoms with Crippen LogP contribution in [0.2, 0.25) is 0 Å². The van der Waals surface area contributed by atoms with Gasteiger partial charge < -0.3 is 14.1 Å². The molecule has 0 spiro atoms. The van der Waals surface area contributed by atoms with E-state index in [1.54, 1.807) is 12.7 Å². The molecule has 11 heteroatoms. The van der Waals surface area contributed by atoms with E-state index in [1.807, 2.05) is 34.9 Å². The first-order valence-electron chi connectivity index (χ1n) is 12.0. The smallest absolute Gasteiger partial charge is 0.373 e. The molecule has 1 atom stereocenters. The van der Waals surface area contributed by atoms with Crippen molar-refractivity contribution in [2.45, 2.75) is 62.0 Å². The van der Waals surface area contributed by atoms with Crippen molar-refractivity contribution in [3.05, 3.63) is 94.9 Å². The molecule has 1 saturated carbocycles. The van der Waals surface area contributed by atoms with Crippen molar-refractivity contribution in [1.29, 1.82) is 0 Å². The Labute approximate surface area is 216 Å². The van der Waals surface area contributed by atoms with Crippen LogP contribution in [-0.2, 0) is 28.0 Å². The number of rotatable bonds is 7. The van der Waals surface area contributed by atoms with Crippen LogP contribution >= 0.6 is 0 Å². The fraction of sp³-hybridized carbons (Fsp3) is 0.444. The second-order valence-corrected chi connectivity index (χ2v) is 9.85. The van der Waals surface area contributed by atoms with Crippen LogP contribution in [0.25, 0.3) is 4.85 Å². The molecule has 4 rings (SSSR count). The zero-order valence-electron chi connectivity index (χ0n) is 20.6. The lowest BCUT2D eigenvalue weighted by Gasteiger charge is -2.45. The van der Waals surface area contributed by atoms with E-state index in [0.29, 0.717) is 37.8 Å². The van der Waals surface area contributed by atoms with Crippen molar-refractivity contribution in [3.63, 3.8) is 0 Å². The van der Waals surface area contributed by atoms with Crippen molar-refractivity contribution < 1.29 is 31.1 Å². The van der Waals surface area contributed by atoms with Gasteiger partial charge in [-0.15, -0.1) is 10.2 Å². The lowest BCUT2D eigenvalue weighted by molar-refractivity contribution is -0.143. The van der Waals surface area contributed by atoms with Crippen LogP contribution in [-0.4, -0.2) is 27.9 Å². The van der Waals surface area contributed by atoms with Crippen molar-refractivity contribution in [3.8, 4) is 0 Å². The molecule has 3 aromatic rings. The number of nitrogens with zero attached hydrogens (tertiary/aromatic N) is 4. The molecular formula is C27H26F6N4O. The highest BCUT2D eigenvalue weighted by atomic mass is 19.4. The maximum atomic E-state index is 13.4. The third-order valence-corrected chi connectivity index (χ3v) is 7.55. The van der Waals surface area contributed by atoms with Crippen LogP contribution in [0.3, 0.4) is 0 Å². The van der Waals surface area contributed by atoms with Gasteiger partial charge in [0.25, 0.3) is 0 Å². The summed E-state index contributed by atoms with van der Waals surface area (Å²) < 4.78 is 88.1. The number of aromatic nitrogens is 3. The monoisotopic (exact) mass is 536 g/mol. The van der Waals surface area contributed by atoms with Gasteiger partial charge in [-0.25, -0.2) is 6.57 Å². The summed E-state index contributed by atoms with van der Waals surface area (Å²) in [5.41, 5.74) is -3.01. The quantitative estimate of drug-likeness (QED) is 0.237. The molecule has 1 heterocycles. The van der Waals surface area contributed by atoms with Gasteiger partial charge in [-0.05, 0) is 61.9 Å². The van der Waals surface area contributed by atoms with Gasteiger partial charge in [0.05, 0.1) is 23.8 Å². The summed E-state index contributed by atoms with van der Waals surface area (Å²) >= 11 is 0. The summed E-state index contributed by atoms with van der Waals surface area (Å²) in [5, 5.41) is 7.77. The highest BCUT2D eigenvalue weighted by Crippen LogP contribution is 2.47. The molecule has 202 valence electrons. The largest absolute Gasteiger partial charge is 0.416 e. The van der Waals surface area contributed by atoms with Crippen LogP contribution in [0.1, 0.15) is 61.0 Å². The van der Waals surface area contributed by atoms with E-state index in [0.717, 1.165) is 5.56 Å². The third kappa shape index (κ3) is 5.70. The summed E-state index contributed by atoms with van der Waals surface area (Å²) in [7, 11) is 0. The maximum absolute atomic E-state index is 13.4. The van der Waals surface area contributed by atoms with Crippen LogP contribution in [0, 0.1) is 6.57 Å². The lowest BCUT2D eigenvalue weighted by atomic mass is 9.64. The van der Waals surface area contributed by atoms with E-state index in [4.69, 9.17) is 11.3 Å². The summed E-state index contributed by atoms with van der Waals surface area (Å²) in [4.78, 5) is 3.64. The Balaban J connectivity index is 1.61. The molecule has 0 amide bonds. The molecule has 0 unspecified atom stereocenters. The fourth-order valence-corrected chi connectivity index (χ4v) is 5.19. The first-order valence-corrected chi connectivity index (χ1v) is 12.0. The Morgan fingerprint density at radius 1 is 0.921 bits per heavy atom. The van der Waals surface area contributed by atoms with Crippen molar-refractivity contribution in [2.75, 3.05) is 13.2 Å². The number of halogens is 6. The van der Waals surface area contributed by atoms with E-state index >= 15 is 0 Å². The Morgan fingerprint density at radius 2 is 1.47 bits per heavy atom. The Hall–Kier alpha value is -3.39. The molecule has 1 aliphatic carbocycles. The Bertz CT molecular complexity index is 1230. The summed E-state index contributed by atoms with van der Waals surface area (Å²) in [5.74, 6) is 0. The van der Waals surface area contributed by atoms with E-state index in [2.05, 4.69) is 15.0 Å². The maximum Gasteiger partial charge on any atom is 0.416 e. The molecule has 0 N–H and O–H groups in total. The third-order valence-electron chi connectivity index (χ3n) is 7.55. The fourth-order valence-electron chi connectivity index (χ4n) is 5.19. The Kier molecular flexibility index (Phi) is 7.57. The molecule has 1 fully saturated rings. The van der Waals surface area contributed by atoms with E-state index in [-0.39, 0.29) is 24.8 Å². The molecule has 0 radical (unpaired) electrons. The van der Waals surface area contributed by atoms with Crippen molar-refractivity contribution >= 4 is 0 Å². The zero-order valence-corrected chi connectivity index (χ0v) is 20.6. The number of benzene rings is 2. The van der Waals surface area contributed by atoms with Gasteiger partial charge >= 0.3 is 12.4 Å². The summed E-state index contributed by atoms with van der Waals surface area (Å²) in [6, 6.07) is 11.1. The highest BCUT2D eigenvalue weighted by molar-refractivity contribution is 5.35. The van der Waals surface area contributed by atoms with E-state index in [1.165, 1.54) is 6.92 Å². The van der Waals surface area contributed by atoms with E-state index < -0.39 is 40.5 Å². The SMILES string of the molecule is [C-]#[N+]CC1(n2cnnc2)CCC(CO[C@H](C)c2cc(C(F)(F)F)cc(C(F)(F)F)c2)(c2ccccc2)CC1. The second kappa shape index (κ2) is 10.4. The first kappa shape index (κ1) is 27.6. The van der Waals surface area contributed by atoms with Crippen LogP contribution in [0.5, 0.6) is 0 Å². The number of alkyl halides is 6. The average molecular weight is 537 g/mol. The molecule has 1 aliphatic rings. The molecule has 5 nitrogen and oxygen atoms in total. The molecule has 2 aromatic carbocycles. The van der Waals surface area contributed by atoms with Gasteiger partial charge in [0, 0.05) is 5.41 Å². The average Bonchev–Trinajstić information content (AvgIpc) is 3.44. The predicted molar refractivity (Wildman–Crippen MR) is 127 cm³/mol. The first-order chi connectivity index (χ1) is 17.9. The van der Waals surface area contributed by atoms with Crippen LogP contribution in [0.15, 0.2) is 61.2 Å². The minimum atomic E-state index is -4.93. The normalized spacial score (nSPS) is 23.1. The van der Waals surface area contributed by atoms with Gasteiger partial charge in [0.2, 0.25) is 6.54 Å². The minimum absolute atomic E-state index is 0.0893. The van der Waals surface area contributed by atoms with E-state index in [9.17, 15) is 26.3 Å². The van der Waals surface area contributed by atoms with Gasteiger partial charge in [-0.2, -0.15) is 26.3 Å². The summed E-state index contributed by atoms with van der Waals surface area (Å²) in [6.45, 7) is 9.25. The molecular weight excluding hydrogens is 510 g/mol. The van der Waals surface area contributed by atoms with Crippen molar-refractivity contribution in [2.24, 2.45) is 0 Å².